The summed E-state index contributed by atoms with van der Waals surface area (Å²) in [6.45, 7) is 3.90. The summed E-state index contributed by atoms with van der Waals surface area (Å²) in [5.41, 5.74) is 2.73. The Morgan fingerprint density at radius 3 is 2.21 bits per heavy atom. The molecule has 0 heterocycles. The lowest BCUT2D eigenvalue weighted by Gasteiger charge is -2.14. The number of rotatable bonds is 3. The SMILES string of the molecule is Cc1ccc(C(=O)N[C@@H](C)c2ccc(O)cc2)cc1. The van der Waals surface area contributed by atoms with Gasteiger partial charge in [0.25, 0.3) is 5.91 Å². The van der Waals surface area contributed by atoms with Gasteiger partial charge in [-0.25, -0.2) is 0 Å². The number of phenols is 1. The molecule has 0 aliphatic heterocycles. The zero-order valence-corrected chi connectivity index (χ0v) is 11.1. The smallest absolute Gasteiger partial charge is 0.251 e. The average molecular weight is 255 g/mol. The van der Waals surface area contributed by atoms with Crippen LogP contribution in [0.3, 0.4) is 0 Å². The Morgan fingerprint density at radius 1 is 1.05 bits per heavy atom. The lowest BCUT2D eigenvalue weighted by Crippen LogP contribution is -2.26. The zero-order valence-electron chi connectivity index (χ0n) is 11.1. The Balaban J connectivity index is 2.06. The highest BCUT2D eigenvalue weighted by atomic mass is 16.3. The zero-order chi connectivity index (χ0) is 13.8. The monoisotopic (exact) mass is 255 g/mol. The Hall–Kier alpha value is -2.29. The highest BCUT2D eigenvalue weighted by Crippen LogP contribution is 2.17. The molecule has 2 rings (SSSR count). The molecule has 0 saturated carbocycles. The van der Waals surface area contributed by atoms with Crippen molar-refractivity contribution in [2.75, 3.05) is 0 Å². The van der Waals surface area contributed by atoms with Gasteiger partial charge >= 0.3 is 0 Å². The Labute approximate surface area is 112 Å². The maximum absolute atomic E-state index is 12.0. The van der Waals surface area contributed by atoms with Crippen LogP contribution in [0.2, 0.25) is 0 Å². The Kier molecular flexibility index (Phi) is 3.85. The predicted octanol–water partition coefficient (Wildman–Crippen LogP) is 3.19. The molecule has 0 aromatic heterocycles. The summed E-state index contributed by atoms with van der Waals surface area (Å²) >= 11 is 0. The summed E-state index contributed by atoms with van der Waals surface area (Å²) < 4.78 is 0. The molecular formula is C16H17NO2. The molecule has 0 radical (unpaired) electrons. The van der Waals surface area contributed by atoms with Crippen LogP contribution in [0.15, 0.2) is 48.5 Å². The largest absolute Gasteiger partial charge is 0.508 e. The number of aryl methyl sites for hydroxylation is 1. The molecule has 0 bridgehead atoms. The molecule has 2 N–H and O–H groups in total. The third kappa shape index (κ3) is 3.35. The van der Waals surface area contributed by atoms with E-state index in [1.165, 1.54) is 0 Å². The quantitative estimate of drug-likeness (QED) is 0.885. The Bertz CT molecular complexity index is 558. The van der Waals surface area contributed by atoms with Crippen molar-refractivity contribution in [1.82, 2.24) is 5.32 Å². The van der Waals surface area contributed by atoms with E-state index in [4.69, 9.17) is 0 Å². The summed E-state index contributed by atoms with van der Waals surface area (Å²) in [6, 6.07) is 14.2. The van der Waals surface area contributed by atoms with Gasteiger partial charge in [-0.2, -0.15) is 0 Å². The molecule has 2 aromatic rings. The third-order valence-electron chi connectivity index (χ3n) is 3.05. The van der Waals surface area contributed by atoms with E-state index in [-0.39, 0.29) is 17.7 Å². The van der Waals surface area contributed by atoms with Crippen LogP contribution in [0.5, 0.6) is 5.75 Å². The van der Waals surface area contributed by atoms with Gasteiger partial charge in [-0.15, -0.1) is 0 Å². The molecule has 3 heteroatoms. The van der Waals surface area contributed by atoms with Crippen LogP contribution in [-0.4, -0.2) is 11.0 Å². The van der Waals surface area contributed by atoms with Crippen LogP contribution in [0.4, 0.5) is 0 Å². The number of hydrogen-bond acceptors (Lipinski definition) is 2. The second-order valence-electron chi connectivity index (χ2n) is 4.65. The normalized spacial score (nSPS) is 11.9. The molecule has 0 spiro atoms. The van der Waals surface area contributed by atoms with E-state index in [2.05, 4.69) is 5.32 Å². The van der Waals surface area contributed by atoms with Crippen LogP contribution in [-0.2, 0) is 0 Å². The number of aromatic hydroxyl groups is 1. The van der Waals surface area contributed by atoms with Crippen LogP contribution in [0.25, 0.3) is 0 Å². The standard InChI is InChI=1S/C16H17NO2/c1-11-3-5-14(6-4-11)16(19)17-12(2)13-7-9-15(18)10-8-13/h3-10,12,18H,1-2H3,(H,17,19)/t12-/m0/s1. The maximum atomic E-state index is 12.0. The first-order valence-electron chi connectivity index (χ1n) is 6.23. The molecule has 0 saturated heterocycles. The van der Waals surface area contributed by atoms with E-state index in [1.54, 1.807) is 24.3 Å². The minimum atomic E-state index is -0.102. The van der Waals surface area contributed by atoms with Gasteiger partial charge in [-0.3, -0.25) is 4.79 Å². The van der Waals surface area contributed by atoms with Gasteiger partial charge in [0.05, 0.1) is 6.04 Å². The van der Waals surface area contributed by atoms with E-state index < -0.39 is 0 Å². The molecule has 0 aliphatic rings. The van der Waals surface area contributed by atoms with Crippen molar-refractivity contribution in [2.24, 2.45) is 0 Å². The van der Waals surface area contributed by atoms with Crippen molar-refractivity contribution in [3.63, 3.8) is 0 Å². The fourth-order valence-electron chi connectivity index (χ4n) is 1.83. The van der Waals surface area contributed by atoms with Gasteiger partial charge in [0, 0.05) is 5.56 Å². The summed E-state index contributed by atoms with van der Waals surface area (Å²) in [5, 5.41) is 12.2. The van der Waals surface area contributed by atoms with Crippen molar-refractivity contribution >= 4 is 5.91 Å². The van der Waals surface area contributed by atoms with Gasteiger partial charge in [-0.05, 0) is 43.7 Å². The van der Waals surface area contributed by atoms with E-state index in [0.29, 0.717) is 5.56 Å². The van der Waals surface area contributed by atoms with Gasteiger partial charge in [0.15, 0.2) is 0 Å². The summed E-state index contributed by atoms with van der Waals surface area (Å²) in [6.07, 6.45) is 0. The van der Waals surface area contributed by atoms with Gasteiger partial charge in [0.1, 0.15) is 5.75 Å². The molecule has 98 valence electrons. The number of benzene rings is 2. The lowest BCUT2D eigenvalue weighted by molar-refractivity contribution is 0.0940. The van der Waals surface area contributed by atoms with Gasteiger partial charge < -0.3 is 10.4 Å². The van der Waals surface area contributed by atoms with Crippen molar-refractivity contribution in [2.45, 2.75) is 19.9 Å². The van der Waals surface area contributed by atoms with Gasteiger partial charge in [0.2, 0.25) is 0 Å². The molecule has 19 heavy (non-hydrogen) atoms. The molecule has 1 amide bonds. The lowest BCUT2D eigenvalue weighted by atomic mass is 10.1. The molecule has 0 fully saturated rings. The number of amides is 1. The van der Waals surface area contributed by atoms with Crippen molar-refractivity contribution in [3.8, 4) is 5.75 Å². The third-order valence-corrected chi connectivity index (χ3v) is 3.05. The van der Waals surface area contributed by atoms with Crippen LogP contribution in [0, 0.1) is 6.92 Å². The fraction of sp³-hybridized carbons (Fsp3) is 0.188. The van der Waals surface area contributed by atoms with E-state index in [0.717, 1.165) is 11.1 Å². The first-order valence-corrected chi connectivity index (χ1v) is 6.23. The summed E-state index contributed by atoms with van der Waals surface area (Å²) in [7, 11) is 0. The number of carbonyl (C=O) groups is 1. The first-order chi connectivity index (χ1) is 9.06. The van der Waals surface area contributed by atoms with E-state index in [9.17, 15) is 9.90 Å². The number of carbonyl (C=O) groups excluding carboxylic acids is 1. The topological polar surface area (TPSA) is 49.3 Å². The van der Waals surface area contributed by atoms with Crippen molar-refractivity contribution in [3.05, 3.63) is 65.2 Å². The first kappa shape index (κ1) is 13.1. The number of hydrogen-bond donors (Lipinski definition) is 2. The molecule has 1 atom stereocenters. The maximum Gasteiger partial charge on any atom is 0.251 e. The second kappa shape index (κ2) is 5.57. The highest BCUT2D eigenvalue weighted by molar-refractivity contribution is 5.94. The van der Waals surface area contributed by atoms with Crippen molar-refractivity contribution in [1.29, 1.82) is 0 Å². The molecular weight excluding hydrogens is 238 g/mol. The van der Waals surface area contributed by atoms with E-state index >= 15 is 0 Å². The van der Waals surface area contributed by atoms with E-state index in [1.807, 2.05) is 38.1 Å². The molecule has 0 unspecified atom stereocenters. The molecule has 2 aromatic carbocycles. The Morgan fingerprint density at radius 2 is 1.63 bits per heavy atom. The van der Waals surface area contributed by atoms with Crippen LogP contribution in [0.1, 0.15) is 34.5 Å². The highest BCUT2D eigenvalue weighted by Gasteiger charge is 2.11. The minimum Gasteiger partial charge on any atom is -0.508 e. The number of nitrogens with one attached hydrogen (secondary N) is 1. The predicted molar refractivity (Wildman–Crippen MR) is 75.2 cm³/mol. The van der Waals surface area contributed by atoms with Crippen molar-refractivity contribution < 1.29 is 9.90 Å². The number of phenolic OH excluding ortho intramolecular Hbond substituents is 1. The fourth-order valence-corrected chi connectivity index (χ4v) is 1.83. The molecule has 0 aliphatic carbocycles. The van der Waals surface area contributed by atoms with Crippen LogP contribution >= 0.6 is 0 Å². The average Bonchev–Trinajstić information content (AvgIpc) is 2.40. The summed E-state index contributed by atoms with van der Waals surface area (Å²) in [5.74, 6) is 0.126. The summed E-state index contributed by atoms with van der Waals surface area (Å²) in [4.78, 5) is 12.0. The minimum absolute atomic E-state index is 0.0967. The van der Waals surface area contributed by atoms with Gasteiger partial charge in [-0.1, -0.05) is 29.8 Å². The van der Waals surface area contributed by atoms with Crippen LogP contribution < -0.4 is 5.32 Å². The molecule has 3 nitrogen and oxygen atoms in total. The second-order valence-corrected chi connectivity index (χ2v) is 4.65.